The molecule has 5 nitrogen and oxygen atoms in total. The largest absolute Gasteiger partial charge is 0.274 e. The molecular formula is C13H8ClN3O2S. The van der Waals surface area contributed by atoms with Gasteiger partial charge in [-0.1, -0.05) is 23.7 Å². The van der Waals surface area contributed by atoms with Crippen molar-refractivity contribution in [2.45, 2.75) is 6.42 Å². The van der Waals surface area contributed by atoms with Gasteiger partial charge in [-0.05, 0) is 12.1 Å². The number of nitrogens with zero attached hydrogens (tertiary/aromatic N) is 3. The lowest BCUT2D eigenvalue weighted by Gasteiger charge is -1.99. The SMILES string of the molecule is O=[N+]([O-])c1cc(Cl)nc(Cc2nc3ccccc3s2)c1. The third-order valence-corrected chi connectivity index (χ3v) is 3.94. The molecule has 0 amide bonds. The van der Waals surface area contributed by atoms with Crippen LogP contribution in [-0.4, -0.2) is 14.9 Å². The number of benzene rings is 1. The van der Waals surface area contributed by atoms with Crippen LogP contribution >= 0.6 is 22.9 Å². The number of nitro groups is 1. The van der Waals surface area contributed by atoms with Crippen LogP contribution in [0.5, 0.6) is 0 Å². The van der Waals surface area contributed by atoms with Gasteiger partial charge in [0, 0.05) is 12.5 Å². The number of hydrogen-bond donors (Lipinski definition) is 0. The Morgan fingerprint density at radius 2 is 2.05 bits per heavy atom. The molecule has 2 heterocycles. The van der Waals surface area contributed by atoms with Crippen molar-refractivity contribution in [2.24, 2.45) is 0 Å². The Labute approximate surface area is 123 Å². The summed E-state index contributed by atoms with van der Waals surface area (Å²) < 4.78 is 1.08. The number of hydrogen-bond acceptors (Lipinski definition) is 5. The Balaban J connectivity index is 1.96. The average Bonchev–Trinajstić information content (AvgIpc) is 2.79. The minimum absolute atomic E-state index is 0.0545. The van der Waals surface area contributed by atoms with Crippen molar-refractivity contribution in [2.75, 3.05) is 0 Å². The lowest BCUT2D eigenvalue weighted by molar-refractivity contribution is -0.385. The molecule has 0 N–H and O–H groups in total. The van der Waals surface area contributed by atoms with E-state index in [9.17, 15) is 10.1 Å². The molecule has 7 heteroatoms. The molecule has 0 fully saturated rings. The molecule has 3 rings (SSSR count). The van der Waals surface area contributed by atoms with Crippen LogP contribution in [0.25, 0.3) is 10.2 Å². The molecule has 0 atom stereocenters. The standard InChI is InChI=1S/C13H8ClN3O2S/c14-12-7-9(17(18)19)5-8(15-12)6-13-16-10-3-1-2-4-11(10)20-13/h1-5,7H,6H2. The molecule has 20 heavy (non-hydrogen) atoms. The summed E-state index contributed by atoms with van der Waals surface area (Å²) in [4.78, 5) is 18.9. The Bertz CT molecular complexity index is 770. The van der Waals surface area contributed by atoms with Crippen molar-refractivity contribution in [3.8, 4) is 0 Å². The van der Waals surface area contributed by atoms with E-state index in [0.29, 0.717) is 12.1 Å². The maximum absolute atomic E-state index is 10.8. The van der Waals surface area contributed by atoms with Crippen LogP contribution in [0.3, 0.4) is 0 Å². The van der Waals surface area contributed by atoms with Crippen molar-refractivity contribution < 1.29 is 4.92 Å². The quantitative estimate of drug-likeness (QED) is 0.419. The zero-order valence-corrected chi connectivity index (χ0v) is 11.7. The fraction of sp³-hybridized carbons (Fsp3) is 0.0769. The number of pyridine rings is 1. The van der Waals surface area contributed by atoms with Gasteiger partial charge in [0.05, 0.1) is 31.9 Å². The molecule has 0 unspecified atom stereocenters. The second kappa shape index (κ2) is 5.15. The van der Waals surface area contributed by atoms with Crippen LogP contribution < -0.4 is 0 Å². The minimum atomic E-state index is -0.477. The molecule has 3 aromatic rings. The monoisotopic (exact) mass is 305 g/mol. The lowest BCUT2D eigenvalue weighted by atomic mass is 10.2. The summed E-state index contributed by atoms with van der Waals surface area (Å²) in [7, 11) is 0. The highest BCUT2D eigenvalue weighted by Crippen LogP contribution is 2.25. The first-order valence-corrected chi connectivity index (χ1v) is 6.96. The number of rotatable bonds is 3. The van der Waals surface area contributed by atoms with E-state index in [1.54, 1.807) is 11.3 Å². The molecule has 0 aliphatic rings. The molecule has 0 saturated heterocycles. The summed E-state index contributed by atoms with van der Waals surface area (Å²) in [6, 6.07) is 10.5. The van der Waals surface area contributed by atoms with Crippen LogP contribution in [0.1, 0.15) is 10.7 Å². The van der Waals surface area contributed by atoms with E-state index in [1.807, 2.05) is 24.3 Å². The first kappa shape index (κ1) is 13.0. The molecule has 1 aromatic carbocycles. The smallest absolute Gasteiger partial charge is 0.258 e. The average molecular weight is 306 g/mol. The summed E-state index contributed by atoms with van der Waals surface area (Å²) in [5, 5.41) is 11.8. The Hall–Kier alpha value is -2.05. The van der Waals surface area contributed by atoms with E-state index in [-0.39, 0.29) is 10.8 Å². The van der Waals surface area contributed by atoms with Gasteiger partial charge < -0.3 is 0 Å². The van der Waals surface area contributed by atoms with Crippen molar-refractivity contribution >= 4 is 38.8 Å². The number of aromatic nitrogens is 2. The van der Waals surface area contributed by atoms with Crippen molar-refractivity contribution in [3.63, 3.8) is 0 Å². The van der Waals surface area contributed by atoms with Crippen LogP contribution in [0.15, 0.2) is 36.4 Å². The van der Waals surface area contributed by atoms with Crippen molar-refractivity contribution in [1.82, 2.24) is 9.97 Å². The van der Waals surface area contributed by atoms with Gasteiger partial charge in [0.1, 0.15) is 5.15 Å². The maximum atomic E-state index is 10.8. The highest BCUT2D eigenvalue weighted by atomic mass is 35.5. The van der Waals surface area contributed by atoms with E-state index in [4.69, 9.17) is 11.6 Å². The summed E-state index contributed by atoms with van der Waals surface area (Å²) in [6.07, 6.45) is 0.431. The van der Waals surface area contributed by atoms with Gasteiger partial charge >= 0.3 is 0 Å². The van der Waals surface area contributed by atoms with Crippen molar-refractivity contribution in [3.05, 3.63) is 62.4 Å². The first-order valence-electron chi connectivity index (χ1n) is 5.77. The van der Waals surface area contributed by atoms with E-state index in [2.05, 4.69) is 9.97 Å². The highest BCUT2D eigenvalue weighted by Gasteiger charge is 2.12. The number of thiazole rings is 1. The van der Waals surface area contributed by atoms with Crippen molar-refractivity contribution in [1.29, 1.82) is 0 Å². The van der Waals surface area contributed by atoms with E-state index in [0.717, 1.165) is 15.2 Å². The summed E-state index contributed by atoms with van der Waals surface area (Å²) in [5.41, 5.74) is 1.41. The maximum Gasteiger partial charge on any atom is 0.274 e. The third kappa shape index (κ3) is 2.61. The third-order valence-electron chi connectivity index (χ3n) is 2.71. The Morgan fingerprint density at radius 1 is 1.25 bits per heavy atom. The number of fused-ring (bicyclic) bond motifs is 1. The fourth-order valence-corrected chi connectivity index (χ4v) is 3.09. The summed E-state index contributed by atoms with van der Waals surface area (Å²) in [6.45, 7) is 0. The normalized spacial score (nSPS) is 10.8. The van der Waals surface area contributed by atoms with E-state index in [1.165, 1.54) is 12.1 Å². The molecule has 0 bridgehead atoms. The molecule has 0 radical (unpaired) electrons. The van der Waals surface area contributed by atoms with E-state index < -0.39 is 4.92 Å². The number of halogens is 1. The fourth-order valence-electron chi connectivity index (χ4n) is 1.88. The van der Waals surface area contributed by atoms with Gasteiger partial charge in [0.2, 0.25) is 0 Å². The molecule has 0 aliphatic carbocycles. The van der Waals surface area contributed by atoms with E-state index >= 15 is 0 Å². The zero-order valence-electron chi connectivity index (χ0n) is 10.1. The van der Waals surface area contributed by atoms with Crippen LogP contribution in [-0.2, 0) is 6.42 Å². The van der Waals surface area contributed by atoms with Gasteiger partial charge in [-0.25, -0.2) is 9.97 Å². The van der Waals surface area contributed by atoms with Crippen LogP contribution in [0.2, 0.25) is 5.15 Å². The topological polar surface area (TPSA) is 68.9 Å². The van der Waals surface area contributed by atoms with Gasteiger partial charge in [-0.15, -0.1) is 11.3 Å². The molecular weight excluding hydrogens is 298 g/mol. The predicted molar refractivity (Wildman–Crippen MR) is 78.3 cm³/mol. The molecule has 100 valence electrons. The second-order valence-electron chi connectivity index (χ2n) is 4.15. The van der Waals surface area contributed by atoms with Gasteiger partial charge in [0.25, 0.3) is 5.69 Å². The Kier molecular flexibility index (Phi) is 3.33. The summed E-state index contributed by atoms with van der Waals surface area (Å²) >= 11 is 7.35. The molecule has 2 aromatic heterocycles. The number of para-hydroxylation sites is 1. The summed E-state index contributed by atoms with van der Waals surface area (Å²) in [5.74, 6) is 0. The second-order valence-corrected chi connectivity index (χ2v) is 5.65. The molecule has 0 aliphatic heterocycles. The first-order chi connectivity index (χ1) is 9.61. The lowest BCUT2D eigenvalue weighted by Crippen LogP contribution is -1.96. The predicted octanol–water partition coefficient (Wildman–Crippen LogP) is 3.84. The minimum Gasteiger partial charge on any atom is -0.258 e. The van der Waals surface area contributed by atoms with Gasteiger partial charge in [0.15, 0.2) is 0 Å². The van der Waals surface area contributed by atoms with Gasteiger partial charge in [-0.2, -0.15) is 0 Å². The molecule has 0 spiro atoms. The van der Waals surface area contributed by atoms with Gasteiger partial charge in [-0.3, -0.25) is 10.1 Å². The zero-order chi connectivity index (χ0) is 14.1. The highest BCUT2D eigenvalue weighted by molar-refractivity contribution is 7.18. The Morgan fingerprint density at radius 3 is 2.80 bits per heavy atom. The van der Waals surface area contributed by atoms with Crippen LogP contribution in [0, 0.1) is 10.1 Å². The molecule has 0 saturated carbocycles. The van der Waals surface area contributed by atoms with Crippen LogP contribution in [0.4, 0.5) is 5.69 Å².